The number of aliphatic hydroxyl groups is 1. The summed E-state index contributed by atoms with van der Waals surface area (Å²) >= 11 is 0. The Morgan fingerprint density at radius 3 is 2.12 bits per heavy atom. The Balaban J connectivity index is 1.51. The zero-order valence-corrected chi connectivity index (χ0v) is 22.3. The molecule has 0 aliphatic carbocycles. The number of amides is 1. The van der Waals surface area contributed by atoms with Gasteiger partial charge in [-0.05, 0) is 47.4 Å². The first-order valence-electron chi connectivity index (χ1n) is 13.4. The molecule has 1 aliphatic rings. The van der Waals surface area contributed by atoms with E-state index in [0.29, 0.717) is 35.8 Å². The maximum atomic E-state index is 13.4. The van der Waals surface area contributed by atoms with Gasteiger partial charge in [0.1, 0.15) is 23.9 Å². The van der Waals surface area contributed by atoms with Crippen LogP contribution in [0.2, 0.25) is 0 Å². The average molecular weight is 534 g/mol. The van der Waals surface area contributed by atoms with Crippen molar-refractivity contribution >= 4 is 17.4 Å². The second-order valence-electron chi connectivity index (χ2n) is 9.63. The molecule has 6 heteroatoms. The van der Waals surface area contributed by atoms with Gasteiger partial charge in [0.2, 0.25) is 0 Å². The molecule has 202 valence electrons. The fourth-order valence-corrected chi connectivity index (χ4v) is 4.77. The number of hydrogen-bond donors (Lipinski definition) is 1. The van der Waals surface area contributed by atoms with Crippen molar-refractivity contribution in [2.75, 3.05) is 6.61 Å². The van der Waals surface area contributed by atoms with Gasteiger partial charge in [0.05, 0.1) is 18.2 Å². The van der Waals surface area contributed by atoms with Crippen LogP contribution < -0.4 is 9.47 Å². The summed E-state index contributed by atoms with van der Waals surface area (Å²) in [6.07, 6.45) is 0.839. The molecule has 6 nitrogen and oxygen atoms in total. The highest BCUT2D eigenvalue weighted by atomic mass is 16.5. The Labute approximate surface area is 234 Å². The Morgan fingerprint density at radius 1 is 0.775 bits per heavy atom. The first-order valence-corrected chi connectivity index (χ1v) is 13.4. The van der Waals surface area contributed by atoms with E-state index in [2.05, 4.69) is 0 Å². The van der Waals surface area contributed by atoms with E-state index < -0.39 is 17.7 Å². The second kappa shape index (κ2) is 12.3. The molecule has 1 aliphatic heterocycles. The molecule has 5 rings (SSSR count). The van der Waals surface area contributed by atoms with Crippen molar-refractivity contribution in [3.8, 4) is 11.5 Å². The Kier molecular flexibility index (Phi) is 8.26. The van der Waals surface area contributed by atoms with Crippen LogP contribution in [-0.2, 0) is 22.7 Å². The predicted octanol–water partition coefficient (Wildman–Crippen LogP) is 6.68. The molecule has 1 fully saturated rings. The number of aliphatic hydroxyl groups excluding tert-OH is 1. The van der Waals surface area contributed by atoms with E-state index in [1.54, 1.807) is 24.3 Å². The maximum absolute atomic E-state index is 13.4. The topological polar surface area (TPSA) is 76.1 Å². The second-order valence-corrected chi connectivity index (χ2v) is 9.63. The van der Waals surface area contributed by atoms with Gasteiger partial charge in [0, 0.05) is 12.1 Å². The third kappa shape index (κ3) is 5.91. The Bertz CT molecular complexity index is 1500. The van der Waals surface area contributed by atoms with Gasteiger partial charge in [-0.1, -0.05) is 91.9 Å². The number of carbonyl (C=O) groups is 2. The van der Waals surface area contributed by atoms with E-state index in [9.17, 15) is 14.7 Å². The van der Waals surface area contributed by atoms with Gasteiger partial charge in [-0.15, -0.1) is 0 Å². The van der Waals surface area contributed by atoms with Gasteiger partial charge < -0.3 is 19.5 Å². The standard InChI is InChI=1S/C34H31NO5/c1-2-20-39-29-15-9-14-27(21-29)32(36)30-31(35(34(38)33(30)37)22-24-10-5-3-6-11-24)26-16-18-28(19-17-26)40-23-25-12-7-4-8-13-25/h3-19,21,31,36H,2,20,22-23H2,1H3. The van der Waals surface area contributed by atoms with Gasteiger partial charge in [0.25, 0.3) is 11.7 Å². The number of ether oxygens (including phenoxy) is 2. The van der Waals surface area contributed by atoms with Crippen molar-refractivity contribution < 1.29 is 24.2 Å². The molecule has 0 saturated carbocycles. The lowest BCUT2D eigenvalue weighted by molar-refractivity contribution is -0.140. The van der Waals surface area contributed by atoms with Crippen molar-refractivity contribution in [2.45, 2.75) is 32.5 Å². The van der Waals surface area contributed by atoms with Gasteiger partial charge in [-0.3, -0.25) is 9.59 Å². The van der Waals surface area contributed by atoms with Crippen LogP contribution in [0.3, 0.4) is 0 Å². The molecular weight excluding hydrogens is 502 g/mol. The summed E-state index contributed by atoms with van der Waals surface area (Å²) in [5.74, 6) is -0.361. The highest BCUT2D eigenvalue weighted by molar-refractivity contribution is 6.46. The predicted molar refractivity (Wildman–Crippen MR) is 154 cm³/mol. The first-order chi connectivity index (χ1) is 19.5. The van der Waals surface area contributed by atoms with E-state index in [1.807, 2.05) is 91.9 Å². The molecule has 0 aromatic heterocycles. The van der Waals surface area contributed by atoms with Crippen LogP contribution in [0.1, 0.15) is 41.6 Å². The van der Waals surface area contributed by atoms with Crippen molar-refractivity contribution in [3.63, 3.8) is 0 Å². The third-order valence-corrected chi connectivity index (χ3v) is 6.76. The quantitative estimate of drug-likeness (QED) is 0.140. The van der Waals surface area contributed by atoms with Gasteiger partial charge in [0.15, 0.2) is 0 Å². The van der Waals surface area contributed by atoms with Crippen LogP contribution in [0, 0.1) is 0 Å². The van der Waals surface area contributed by atoms with Crippen molar-refractivity contribution in [2.24, 2.45) is 0 Å². The summed E-state index contributed by atoms with van der Waals surface area (Å²) in [5.41, 5.74) is 3.09. The minimum atomic E-state index is -0.774. The zero-order valence-electron chi connectivity index (χ0n) is 22.3. The largest absolute Gasteiger partial charge is 0.507 e. The smallest absolute Gasteiger partial charge is 0.295 e. The van der Waals surface area contributed by atoms with E-state index >= 15 is 0 Å². The van der Waals surface area contributed by atoms with E-state index in [4.69, 9.17) is 9.47 Å². The minimum Gasteiger partial charge on any atom is -0.507 e. The normalized spacial score (nSPS) is 16.2. The SMILES string of the molecule is CCCOc1cccc(C(O)=C2C(=O)C(=O)N(Cc3ccccc3)C2c2ccc(OCc3ccccc3)cc2)c1. The van der Waals surface area contributed by atoms with Crippen LogP contribution in [0.15, 0.2) is 115 Å². The number of ketones is 1. The fraction of sp³-hybridized carbons (Fsp3) is 0.176. The molecule has 0 bridgehead atoms. The van der Waals surface area contributed by atoms with Crippen molar-refractivity contribution in [1.82, 2.24) is 4.90 Å². The van der Waals surface area contributed by atoms with Gasteiger partial charge in [-0.2, -0.15) is 0 Å². The van der Waals surface area contributed by atoms with E-state index in [-0.39, 0.29) is 17.9 Å². The summed E-state index contributed by atoms with van der Waals surface area (Å²) < 4.78 is 11.7. The zero-order chi connectivity index (χ0) is 27.9. The number of nitrogens with zero attached hydrogens (tertiary/aromatic N) is 1. The number of carbonyl (C=O) groups excluding carboxylic acids is 2. The highest BCUT2D eigenvalue weighted by Crippen LogP contribution is 2.41. The van der Waals surface area contributed by atoms with Crippen LogP contribution in [0.5, 0.6) is 11.5 Å². The lowest BCUT2D eigenvalue weighted by Gasteiger charge is -2.25. The molecule has 1 unspecified atom stereocenters. The summed E-state index contributed by atoms with van der Waals surface area (Å²) in [7, 11) is 0. The molecule has 0 spiro atoms. The Hall–Kier alpha value is -4.84. The molecule has 1 heterocycles. The number of rotatable bonds is 10. The molecule has 1 amide bonds. The molecule has 4 aromatic carbocycles. The summed E-state index contributed by atoms with van der Waals surface area (Å²) in [5, 5.41) is 11.4. The van der Waals surface area contributed by atoms with Crippen molar-refractivity contribution in [1.29, 1.82) is 0 Å². The van der Waals surface area contributed by atoms with Gasteiger partial charge in [-0.25, -0.2) is 0 Å². The van der Waals surface area contributed by atoms with Crippen molar-refractivity contribution in [3.05, 3.63) is 137 Å². The lowest BCUT2D eigenvalue weighted by atomic mass is 9.95. The summed E-state index contributed by atoms with van der Waals surface area (Å²) in [6, 6.07) is 32.8. The molecular formula is C34H31NO5. The molecule has 1 saturated heterocycles. The van der Waals surface area contributed by atoms with Crippen LogP contribution in [0.4, 0.5) is 0 Å². The average Bonchev–Trinajstić information content (AvgIpc) is 3.25. The number of benzene rings is 4. The van der Waals surface area contributed by atoms with Crippen LogP contribution in [-0.4, -0.2) is 28.3 Å². The number of likely N-dealkylation sites (tertiary alicyclic amines) is 1. The molecule has 1 atom stereocenters. The lowest BCUT2D eigenvalue weighted by Crippen LogP contribution is -2.29. The van der Waals surface area contributed by atoms with E-state index in [1.165, 1.54) is 4.90 Å². The van der Waals surface area contributed by atoms with E-state index in [0.717, 1.165) is 17.5 Å². The highest BCUT2D eigenvalue weighted by Gasteiger charge is 2.46. The molecule has 0 radical (unpaired) electrons. The minimum absolute atomic E-state index is 0.0477. The van der Waals surface area contributed by atoms with Crippen LogP contribution in [0.25, 0.3) is 5.76 Å². The first kappa shape index (κ1) is 26.8. The summed E-state index contributed by atoms with van der Waals surface area (Å²) in [6.45, 7) is 3.18. The molecule has 4 aromatic rings. The molecule has 1 N–H and O–H groups in total. The van der Waals surface area contributed by atoms with Gasteiger partial charge >= 0.3 is 0 Å². The maximum Gasteiger partial charge on any atom is 0.295 e. The number of hydrogen-bond acceptors (Lipinski definition) is 5. The monoisotopic (exact) mass is 533 g/mol. The third-order valence-electron chi connectivity index (χ3n) is 6.76. The number of Topliss-reactive ketones (excluding diaryl/α,β-unsaturated/α-hetero) is 1. The summed E-state index contributed by atoms with van der Waals surface area (Å²) in [4.78, 5) is 28.3. The Morgan fingerprint density at radius 2 is 1.45 bits per heavy atom. The molecule has 40 heavy (non-hydrogen) atoms. The van der Waals surface area contributed by atoms with Crippen LogP contribution >= 0.6 is 0 Å². The fourth-order valence-electron chi connectivity index (χ4n) is 4.77.